The molecule has 1 N–H and O–H groups in total. The number of hydrogen-bond donors (Lipinski definition) is 1. The SMILES string of the molecule is O=C1CCN(N2C(=O)c3ccc(CN4CCN(c5ccccc5Br)CC4)cc3C2=O)C(=O)N1. The van der Waals surface area contributed by atoms with E-state index in [9.17, 15) is 19.2 Å². The maximum atomic E-state index is 13.0. The van der Waals surface area contributed by atoms with Gasteiger partial charge in [-0.15, -0.1) is 0 Å². The number of urea groups is 1. The predicted molar refractivity (Wildman–Crippen MR) is 123 cm³/mol. The number of amides is 5. The van der Waals surface area contributed by atoms with Gasteiger partial charge in [-0.3, -0.25) is 24.6 Å². The quantitative estimate of drug-likeness (QED) is 0.632. The van der Waals surface area contributed by atoms with Gasteiger partial charge in [-0.05, 0) is 45.8 Å². The molecule has 0 atom stereocenters. The Balaban J connectivity index is 1.26. The van der Waals surface area contributed by atoms with Gasteiger partial charge >= 0.3 is 6.03 Å². The van der Waals surface area contributed by atoms with Crippen LogP contribution in [-0.4, -0.2) is 71.4 Å². The number of anilines is 1. The van der Waals surface area contributed by atoms with Gasteiger partial charge in [0.15, 0.2) is 0 Å². The molecule has 33 heavy (non-hydrogen) atoms. The van der Waals surface area contributed by atoms with Crippen LogP contribution in [0.5, 0.6) is 0 Å². The molecule has 2 aromatic rings. The first kappa shape index (κ1) is 21.6. The van der Waals surface area contributed by atoms with Gasteiger partial charge in [0.25, 0.3) is 11.8 Å². The molecule has 2 aromatic carbocycles. The molecule has 0 spiro atoms. The Labute approximate surface area is 199 Å². The number of carbonyl (C=O) groups excluding carboxylic acids is 4. The van der Waals surface area contributed by atoms with E-state index in [1.807, 2.05) is 24.3 Å². The number of para-hydroxylation sites is 1. The van der Waals surface area contributed by atoms with E-state index in [0.29, 0.717) is 6.54 Å². The first-order valence-corrected chi connectivity index (χ1v) is 11.6. The number of fused-ring (bicyclic) bond motifs is 1. The van der Waals surface area contributed by atoms with Crippen LogP contribution in [0.1, 0.15) is 32.7 Å². The van der Waals surface area contributed by atoms with E-state index in [2.05, 4.69) is 37.1 Å². The molecule has 0 unspecified atom stereocenters. The van der Waals surface area contributed by atoms with E-state index in [1.165, 1.54) is 5.69 Å². The highest BCUT2D eigenvalue weighted by molar-refractivity contribution is 9.10. The lowest BCUT2D eigenvalue weighted by Crippen LogP contribution is -2.58. The second-order valence-corrected chi connectivity index (χ2v) is 9.10. The summed E-state index contributed by atoms with van der Waals surface area (Å²) < 4.78 is 1.08. The molecule has 10 heteroatoms. The van der Waals surface area contributed by atoms with Crippen LogP contribution < -0.4 is 10.2 Å². The van der Waals surface area contributed by atoms with Gasteiger partial charge in [-0.1, -0.05) is 18.2 Å². The first-order valence-electron chi connectivity index (χ1n) is 10.8. The van der Waals surface area contributed by atoms with Gasteiger partial charge in [0.05, 0.1) is 23.4 Å². The van der Waals surface area contributed by atoms with Crippen LogP contribution in [-0.2, 0) is 11.3 Å². The lowest BCUT2D eigenvalue weighted by atomic mass is 10.1. The van der Waals surface area contributed by atoms with Crippen LogP contribution in [0, 0.1) is 0 Å². The van der Waals surface area contributed by atoms with Crippen molar-refractivity contribution in [3.8, 4) is 0 Å². The van der Waals surface area contributed by atoms with Crippen molar-refractivity contribution < 1.29 is 19.2 Å². The highest BCUT2D eigenvalue weighted by Gasteiger charge is 2.43. The molecular weight excluding hydrogens is 490 g/mol. The van der Waals surface area contributed by atoms with Crippen molar-refractivity contribution in [1.29, 1.82) is 0 Å². The zero-order valence-corrected chi connectivity index (χ0v) is 19.4. The van der Waals surface area contributed by atoms with Crippen LogP contribution in [0.3, 0.4) is 0 Å². The van der Waals surface area contributed by atoms with Crippen molar-refractivity contribution >= 4 is 45.4 Å². The smallest absolute Gasteiger partial charge is 0.343 e. The van der Waals surface area contributed by atoms with Crippen molar-refractivity contribution in [2.75, 3.05) is 37.6 Å². The average molecular weight is 512 g/mol. The number of nitrogens with one attached hydrogen (secondary N) is 1. The Morgan fingerprint density at radius 1 is 0.848 bits per heavy atom. The summed E-state index contributed by atoms with van der Waals surface area (Å²) in [5.41, 5.74) is 2.67. The molecule has 0 saturated carbocycles. The minimum atomic E-state index is -0.760. The van der Waals surface area contributed by atoms with Gasteiger partial charge in [0.2, 0.25) is 5.91 Å². The number of benzene rings is 2. The van der Waals surface area contributed by atoms with E-state index in [0.717, 1.165) is 46.2 Å². The normalized spacial score (nSPS) is 19.2. The zero-order chi connectivity index (χ0) is 23.1. The molecule has 2 fully saturated rings. The highest BCUT2D eigenvalue weighted by Crippen LogP contribution is 2.29. The second-order valence-electron chi connectivity index (χ2n) is 8.24. The largest absolute Gasteiger partial charge is 0.368 e. The summed E-state index contributed by atoms with van der Waals surface area (Å²) in [6.07, 6.45) is 0.0376. The number of imide groups is 2. The molecule has 5 amide bonds. The summed E-state index contributed by atoms with van der Waals surface area (Å²) in [6.45, 7) is 4.18. The molecule has 170 valence electrons. The lowest BCUT2D eigenvalue weighted by molar-refractivity contribution is -0.122. The van der Waals surface area contributed by atoms with Gasteiger partial charge < -0.3 is 4.90 Å². The van der Waals surface area contributed by atoms with Gasteiger partial charge in [-0.2, -0.15) is 5.01 Å². The Hall–Kier alpha value is -3.24. The zero-order valence-electron chi connectivity index (χ0n) is 17.8. The molecule has 0 radical (unpaired) electrons. The van der Waals surface area contributed by atoms with Crippen LogP contribution in [0.15, 0.2) is 46.9 Å². The summed E-state index contributed by atoms with van der Waals surface area (Å²) in [5, 5.41) is 3.99. The van der Waals surface area contributed by atoms with Crippen molar-refractivity contribution in [1.82, 2.24) is 20.2 Å². The molecule has 3 aliphatic rings. The topological polar surface area (TPSA) is 93.3 Å². The summed E-state index contributed by atoms with van der Waals surface area (Å²) in [6, 6.07) is 12.7. The Bertz CT molecular complexity index is 1160. The van der Waals surface area contributed by atoms with Gasteiger partial charge in [0.1, 0.15) is 0 Å². The summed E-state index contributed by atoms with van der Waals surface area (Å²) in [5.74, 6) is -1.51. The van der Waals surface area contributed by atoms with Crippen molar-refractivity contribution in [3.63, 3.8) is 0 Å². The van der Waals surface area contributed by atoms with Crippen LogP contribution in [0.2, 0.25) is 0 Å². The number of rotatable bonds is 4. The predicted octanol–water partition coefficient (Wildman–Crippen LogP) is 2.22. The van der Waals surface area contributed by atoms with Gasteiger partial charge in [0, 0.05) is 43.6 Å². The third kappa shape index (κ3) is 4.00. The van der Waals surface area contributed by atoms with E-state index >= 15 is 0 Å². The van der Waals surface area contributed by atoms with Crippen molar-refractivity contribution in [2.45, 2.75) is 13.0 Å². The third-order valence-electron chi connectivity index (χ3n) is 6.17. The number of nitrogens with zero attached hydrogens (tertiary/aromatic N) is 4. The number of halogens is 1. The fourth-order valence-electron chi connectivity index (χ4n) is 4.45. The Morgan fingerprint density at radius 2 is 1.58 bits per heavy atom. The molecular formula is C23H22BrN5O4. The maximum absolute atomic E-state index is 13.0. The molecule has 2 saturated heterocycles. The van der Waals surface area contributed by atoms with E-state index in [-0.39, 0.29) is 24.1 Å². The summed E-state index contributed by atoms with van der Waals surface area (Å²) in [7, 11) is 0. The Morgan fingerprint density at radius 3 is 2.30 bits per heavy atom. The van der Waals surface area contributed by atoms with Gasteiger partial charge in [-0.25, -0.2) is 9.80 Å². The number of carbonyl (C=O) groups is 4. The van der Waals surface area contributed by atoms with Crippen LogP contribution in [0.4, 0.5) is 10.5 Å². The van der Waals surface area contributed by atoms with Crippen molar-refractivity contribution in [2.24, 2.45) is 0 Å². The fourth-order valence-corrected chi connectivity index (χ4v) is 4.99. The van der Waals surface area contributed by atoms with E-state index < -0.39 is 23.8 Å². The van der Waals surface area contributed by atoms with E-state index in [1.54, 1.807) is 12.1 Å². The number of hydrazine groups is 1. The molecule has 0 aliphatic carbocycles. The summed E-state index contributed by atoms with van der Waals surface area (Å²) >= 11 is 3.62. The fraction of sp³-hybridized carbons (Fsp3) is 0.304. The number of piperazine rings is 1. The average Bonchev–Trinajstić information content (AvgIpc) is 3.05. The Kier molecular flexibility index (Phi) is 5.63. The highest BCUT2D eigenvalue weighted by atomic mass is 79.9. The monoisotopic (exact) mass is 511 g/mol. The van der Waals surface area contributed by atoms with E-state index in [4.69, 9.17) is 0 Å². The van der Waals surface area contributed by atoms with Crippen LogP contribution >= 0.6 is 15.9 Å². The maximum Gasteiger partial charge on any atom is 0.343 e. The molecule has 9 nitrogen and oxygen atoms in total. The minimum Gasteiger partial charge on any atom is -0.368 e. The standard InChI is InChI=1S/C23H22BrN5O4/c24-18-3-1-2-4-19(18)27-11-9-26(10-12-27)14-15-5-6-16-17(13-15)22(32)29(21(16)31)28-8-7-20(30)25-23(28)33/h1-6,13H,7-12,14H2,(H,25,30,33). The third-order valence-corrected chi connectivity index (χ3v) is 6.84. The van der Waals surface area contributed by atoms with Crippen LogP contribution in [0.25, 0.3) is 0 Å². The second kappa shape index (κ2) is 8.60. The molecule has 5 rings (SSSR count). The minimum absolute atomic E-state index is 0.00913. The number of hydrogen-bond acceptors (Lipinski definition) is 6. The molecule has 0 aromatic heterocycles. The lowest BCUT2D eigenvalue weighted by Gasteiger charge is -2.36. The molecule has 3 heterocycles. The molecule has 0 bridgehead atoms. The summed E-state index contributed by atoms with van der Waals surface area (Å²) in [4.78, 5) is 54.0. The molecule has 3 aliphatic heterocycles. The van der Waals surface area contributed by atoms with Crippen molar-refractivity contribution in [3.05, 3.63) is 63.6 Å². The first-order chi connectivity index (χ1) is 15.9.